The number of carboxylic acid groups (broad SMARTS) is 1. The Labute approximate surface area is 138 Å². The van der Waals surface area contributed by atoms with Crippen LogP contribution in [-0.2, 0) is 16.1 Å². The lowest BCUT2D eigenvalue weighted by atomic mass is 10.1. The molecule has 6 heteroatoms. The first-order chi connectivity index (χ1) is 10.0. The largest absolute Gasteiger partial charge is 0.481 e. The summed E-state index contributed by atoms with van der Waals surface area (Å²) in [5.74, 6) is -0.809. The van der Waals surface area contributed by atoms with Crippen LogP contribution in [-0.4, -0.2) is 41.8 Å². The fourth-order valence-electron chi connectivity index (χ4n) is 2.45. The monoisotopic (exact) mass is 375 g/mol. The Bertz CT molecular complexity index is 490. The van der Waals surface area contributed by atoms with Crippen LogP contribution in [0.2, 0.25) is 5.02 Å². The molecule has 0 spiro atoms. The molecule has 1 heterocycles. The first-order valence-electron chi connectivity index (χ1n) is 7.04. The van der Waals surface area contributed by atoms with E-state index in [0.717, 1.165) is 47.5 Å². The van der Waals surface area contributed by atoms with Gasteiger partial charge in [0, 0.05) is 29.1 Å². The van der Waals surface area contributed by atoms with Gasteiger partial charge < -0.3 is 9.84 Å². The predicted octanol–water partition coefficient (Wildman–Crippen LogP) is 3.56. The van der Waals surface area contributed by atoms with Crippen LogP contribution in [0.5, 0.6) is 0 Å². The average molecular weight is 377 g/mol. The Morgan fingerprint density at radius 3 is 2.81 bits per heavy atom. The lowest BCUT2D eigenvalue weighted by Gasteiger charge is -2.32. The van der Waals surface area contributed by atoms with Gasteiger partial charge in [0.2, 0.25) is 0 Å². The highest BCUT2D eigenvalue weighted by Crippen LogP contribution is 2.24. The fourth-order valence-corrected chi connectivity index (χ4v) is 3.04. The molecule has 1 aliphatic rings. The minimum Gasteiger partial charge on any atom is -0.481 e. The van der Waals surface area contributed by atoms with Crippen LogP contribution < -0.4 is 0 Å². The Hall–Kier alpha value is -0.620. The Balaban J connectivity index is 1.76. The van der Waals surface area contributed by atoms with Crippen LogP contribution in [0.3, 0.4) is 0 Å². The summed E-state index contributed by atoms with van der Waals surface area (Å²) in [4.78, 5) is 12.8. The number of rotatable bonds is 6. The van der Waals surface area contributed by atoms with E-state index < -0.39 is 5.97 Å². The standard InChI is InChI=1S/C15H19BrClNO3/c16-12-1-2-14(17)11(9-12)10-18-6-3-13(4-7-18)21-8-5-15(19)20/h1-2,9,13H,3-8,10H2,(H,19,20). The smallest absolute Gasteiger partial charge is 0.305 e. The molecule has 1 aromatic carbocycles. The summed E-state index contributed by atoms with van der Waals surface area (Å²) in [6, 6.07) is 5.90. The van der Waals surface area contributed by atoms with Crippen molar-refractivity contribution in [2.75, 3.05) is 19.7 Å². The molecular weight excluding hydrogens is 358 g/mol. The zero-order valence-corrected chi connectivity index (χ0v) is 14.1. The maximum absolute atomic E-state index is 10.5. The van der Waals surface area contributed by atoms with Crippen LogP contribution >= 0.6 is 27.5 Å². The number of benzene rings is 1. The van der Waals surface area contributed by atoms with Crippen molar-refractivity contribution >= 4 is 33.5 Å². The van der Waals surface area contributed by atoms with E-state index in [-0.39, 0.29) is 12.5 Å². The van der Waals surface area contributed by atoms with Gasteiger partial charge in [0.1, 0.15) is 0 Å². The first-order valence-corrected chi connectivity index (χ1v) is 8.21. The van der Waals surface area contributed by atoms with Crippen molar-refractivity contribution in [3.63, 3.8) is 0 Å². The number of carbonyl (C=O) groups is 1. The first kappa shape index (κ1) is 16.7. The van der Waals surface area contributed by atoms with Crippen LogP contribution in [0.4, 0.5) is 0 Å². The van der Waals surface area contributed by atoms with Gasteiger partial charge >= 0.3 is 5.97 Å². The van der Waals surface area contributed by atoms with E-state index in [1.807, 2.05) is 12.1 Å². The molecule has 0 aromatic heterocycles. The van der Waals surface area contributed by atoms with Gasteiger partial charge in [0.15, 0.2) is 0 Å². The van der Waals surface area contributed by atoms with Gasteiger partial charge in [-0.3, -0.25) is 9.69 Å². The zero-order chi connectivity index (χ0) is 15.2. The molecule has 1 aliphatic heterocycles. The van der Waals surface area contributed by atoms with E-state index in [2.05, 4.69) is 26.9 Å². The van der Waals surface area contributed by atoms with E-state index >= 15 is 0 Å². The molecule has 0 aliphatic carbocycles. The molecule has 1 saturated heterocycles. The molecule has 0 saturated carbocycles. The molecule has 0 bridgehead atoms. The molecule has 1 aromatic rings. The number of nitrogens with zero attached hydrogens (tertiary/aromatic N) is 1. The maximum atomic E-state index is 10.5. The van der Waals surface area contributed by atoms with E-state index in [0.29, 0.717) is 6.61 Å². The minimum atomic E-state index is -0.809. The average Bonchev–Trinajstić information content (AvgIpc) is 2.44. The molecule has 2 rings (SSSR count). The highest BCUT2D eigenvalue weighted by atomic mass is 79.9. The summed E-state index contributed by atoms with van der Waals surface area (Å²) in [6.45, 7) is 3.03. The molecule has 0 amide bonds. The third-order valence-electron chi connectivity index (χ3n) is 3.61. The number of carboxylic acids is 1. The number of halogens is 2. The summed E-state index contributed by atoms with van der Waals surface area (Å²) in [6.07, 6.45) is 2.13. The third kappa shape index (κ3) is 5.58. The summed E-state index contributed by atoms with van der Waals surface area (Å²) in [5, 5.41) is 9.38. The normalized spacial score (nSPS) is 17.0. The van der Waals surface area contributed by atoms with Crippen LogP contribution in [0.1, 0.15) is 24.8 Å². The summed E-state index contributed by atoms with van der Waals surface area (Å²) in [5.41, 5.74) is 1.12. The van der Waals surface area contributed by atoms with Gasteiger partial charge in [-0.25, -0.2) is 0 Å². The van der Waals surface area contributed by atoms with Gasteiger partial charge in [0.05, 0.1) is 19.1 Å². The second-order valence-corrected chi connectivity index (χ2v) is 6.55. The lowest BCUT2D eigenvalue weighted by Crippen LogP contribution is -2.36. The van der Waals surface area contributed by atoms with Gasteiger partial charge in [0.25, 0.3) is 0 Å². The number of likely N-dealkylation sites (tertiary alicyclic amines) is 1. The summed E-state index contributed by atoms with van der Waals surface area (Å²) in [7, 11) is 0. The van der Waals surface area contributed by atoms with Crippen LogP contribution in [0.25, 0.3) is 0 Å². The number of ether oxygens (including phenoxy) is 1. The number of hydrogen-bond acceptors (Lipinski definition) is 3. The highest BCUT2D eigenvalue weighted by molar-refractivity contribution is 9.10. The molecule has 1 N–H and O–H groups in total. The second-order valence-electron chi connectivity index (χ2n) is 5.23. The fraction of sp³-hybridized carbons (Fsp3) is 0.533. The lowest BCUT2D eigenvalue weighted by molar-refractivity contribution is -0.138. The van der Waals surface area contributed by atoms with Crippen molar-refractivity contribution in [1.29, 1.82) is 0 Å². The van der Waals surface area contributed by atoms with Crippen LogP contribution in [0, 0.1) is 0 Å². The minimum absolute atomic E-state index is 0.0772. The maximum Gasteiger partial charge on any atom is 0.305 e. The number of aliphatic carboxylic acids is 1. The van der Waals surface area contributed by atoms with Crippen molar-refractivity contribution in [2.45, 2.75) is 31.9 Å². The van der Waals surface area contributed by atoms with E-state index in [1.165, 1.54) is 0 Å². The topological polar surface area (TPSA) is 49.8 Å². The Kier molecular flexibility index (Phi) is 6.48. The predicted molar refractivity (Wildman–Crippen MR) is 85.7 cm³/mol. The van der Waals surface area contributed by atoms with E-state index in [9.17, 15) is 4.79 Å². The van der Waals surface area contributed by atoms with Crippen molar-refractivity contribution in [2.24, 2.45) is 0 Å². The molecule has 1 fully saturated rings. The zero-order valence-electron chi connectivity index (χ0n) is 11.7. The molecule has 116 valence electrons. The van der Waals surface area contributed by atoms with Crippen LogP contribution in [0.15, 0.2) is 22.7 Å². The summed E-state index contributed by atoms with van der Waals surface area (Å²) < 4.78 is 6.63. The van der Waals surface area contributed by atoms with Crippen molar-refractivity contribution in [3.8, 4) is 0 Å². The Morgan fingerprint density at radius 1 is 1.43 bits per heavy atom. The van der Waals surface area contributed by atoms with E-state index in [4.69, 9.17) is 21.4 Å². The summed E-state index contributed by atoms with van der Waals surface area (Å²) >= 11 is 9.68. The van der Waals surface area contributed by atoms with Gasteiger partial charge in [-0.1, -0.05) is 27.5 Å². The quantitative estimate of drug-likeness (QED) is 0.825. The third-order valence-corrected chi connectivity index (χ3v) is 4.47. The van der Waals surface area contributed by atoms with Gasteiger partial charge in [-0.2, -0.15) is 0 Å². The second kappa shape index (κ2) is 8.13. The van der Waals surface area contributed by atoms with Crippen molar-refractivity contribution in [3.05, 3.63) is 33.3 Å². The molecular formula is C15H19BrClNO3. The number of piperidine rings is 1. The van der Waals surface area contributed by atoms with Crippen molar-refractivity contribution in [1.82, 2.24) is 4.90 Å². The molecule has 0 unspecified atom stereocenters. The molecule has 0 atom stereocenters. The number of hydrogen-bond donors (Lipinski definition) is 1. The van der Waals surface area contributed by atoms with Gasteiger partial charge in [-0.05, 0) is 36.6 Å². The SMILES string of the molecule is O=C(O)CCOC1CCN(Cc2cc(Br)ccc2Cl)CC1. The van der Waals surface area contributed by atoms with E-state index in [1.54, 1.807) is 0 Å². The molecule has 0 radical (unpaired) electrons. The van der Waals surface area contributed by atoms with Crippen molar-refractivity contribution < 1.29 is 14.6 Å². The molecule has 4 nitrogen and oxygen atoms in total. The highest BCUT2D eigenvalue weighted by Gasteiger charge is 2.20. The molecule has 21 heavy (non-hydrogen) atoms. The van der Waals surface area contributed by atoms with Gasteiger partial charge in [-0.15, -0.1) is 0 Å². The Morgan fingerprint density at radius 2 is 2.14 bits per heavy atom.